The molecule has 20 heavy (non-hydrogen) atoms. The monoisotopic (exact) mass is 273 g/mol. The quantitative estimate of drug-likeness (QED) is 0.296. The normalized spacial score (nSPS) is 8.05. The van der Waals surface area contributed by atoms with Gasteiger partial charge in [-0.15, -0.1) is 0 Å². The number of hydrogen-bond donors (Lipinski definition) is 5. The molecule has 104 valence electrons. The van der Waals surface area contributed by atoms with Crippen LogP contribution < -0.4 is 11.6 Å². The average Bonchev–Trinajstić information content (AvgIpc) is 2.51. The van der Waals surface area contributed by atoms with Gasteiger partial charge in [-0.25, -0.2) is 5.90 Å². The number of amidine groups is 1. The molecule has 0 radical (unpaired) electrons. The van der Waals surface area contributed by atoms with Gasteiger partial charge in [-0.1, -0.05) is 6.07 Å². The van der Waals surface area contributed by atoms with Crippen molar-refractivity contribution in [2.75, 3.05) is 0 Å². The second-order valence-corrected chi connectivity index (χ2v) is 3.31. The number of nitriles is 1. The zero-order chi connectivity index (χ0) is 15.4. The van der Waals surface area contributed by atoms with Crippen LogP contribution in [-0.2, 0) is 0 Å². The molecular formula is C13H15N5O2. The van der Waals surface area contributed by atoms with E-state index in [1.54, 1.807) is 36.7 Å². The topological polar surface area (TPSA) is 153 Å². The molecule has 1 aromatic heterocycles. The van der Waals surface area contributed by atoms with Gasteiger partial charge in [0.2, 0.25) is 0 Å². The van der Waals surface area contributed by atoms with Gasteiger partial charge < -0.3 is 16.0 Å². The van der Waals surface area contributed by atoms with Crippen LogP contribution in [0.1, 0.15) is 11.1 Å². The molecule has 1 aromatic carbocycles. The molecule has 7 nitrogen and oxygen atoms in total. The highest BCUT2D eigenvalue weighted by molar-refractivity contribution is 5.94. The van der Waals surface area contributed by atoms with E-state index in [1.807, 2.05) is 6.07 Å². The van der Waals surface area contributed by atoms with Gasteiger partial charge in [0.15, 0.2) is 0 Å². The van der Waals surface area contributed by atoms with Crippen molar-refractivity contribution in [2.24, 2.45) is 11.6 Å². The summed E-state index contributed by atoms with van der Waals surface area (Å²) in [6.07, 6.45) is 3.22. The minimum atomic E-state index is 0.0809. The van der Waals surface area contributed by atoms with Crippen LogP contribution in [0.25, 0.3) is 0 Å². The number of benzene rings is 1. The Kier molecular flexibility index (Phi) is 8.54. The van der Waals surface area contributed by atoms with E-state index in [0.717, 1.165) is 0 Å². The van der Waals surface area contributed by atoms with Crippen LogP contribution in [0, 0.1) is 16.7 Å². The van der Waals surface area contributed by atoms with Gasteiger partial charge in [0.1, 0.15) is 11.6 Å². The maximum Gasteiger partial charge on any atom is 0.122 e. The van der Waals surface area contributed by atoms with Crippen molar-refractivity contribution in [3.63, 3.8) is 0 Å². The molecule has 0 saturated carbocycles. The Morgan fingerprint density at radius 2 is 1.80 bits per heavy atom. The number of nitrogens with two attached hydrogens (primary N) is 2. The molecule has 0 atom stereocenters. The summed E-state index contributed by atoms with van der Waals surface area (Å²) in [5.41, 5.74) is 6.36. The molecule has 2 aromatic rings. The Morgan fingerprint density at radius 3 is 2.15 bits per heavy atom. The van der Waals surface area contributed by atoms with Gasteiger partial charge in [0.05, 0.1) is 11.6 Å². The van der Waals surface area contributed by atoms with E-state index in [9.17, 15) is 0 Å². The van der Waals surface area contributed by atoms with E-state index in [2.05, 4.69) is 10.9 Å². The number of rotatable bonds is 1. The summed E-state index contributed by atoms with van der Waals surface area (Å²) in [6.45, 7) is 0. The van der Waals surface area contributed by atoms with E-state index in [0.29, 0.717) is 11.1 Å². The molecular weight excluding hydrogens is 258 g/mol. The molecule has 0 aliphatic carbocycles. The van der Waals surface area contributed by atoms with Crippen molar-refractivity contribution in [2.45, 2.75) is 0 Å². The zero-order valence-corrected chi connectivity index (χ0v) is 10.6. The first-order valence-electron chi connectivity index (χ1n) is 5.33. The Labute approximate surface area is 116 Å². The SMILES string of the molecule is N#Cc1cccc(O)c1.N=C(N)c1ccncc1.NO. The fourth-order valence-corrected chi connectivity index (χ4v) is 1.11. The standard InChI is InChI=1S/C7H5NO.C6H7N3.H3NO/c8-5-6-2-1-3-7(9)4-6;7-6(8)5-1-3-9-4-2-5;1-2/h1-4,9H;1-4H,(H3,7,8);2H,1H2. The lowest BCUT2D eigenvalue weighted by atomic mass is 10.2. The number of hydrogen-bond acceptors (Lipinski definition) is 6. The first-order valence-corrected chi connectivity index (χ1v) is 5.33. The van der Waals surface area contributed by atoms with Crippen LogP contribution in [0.4, 0.5) is 0 Å². The summed E-state index contributed by atoms with van der Waals surface area (Å²) in [7, 11) is 0. The minimum Gasteiger partial charge on any atom is -0.508 e. The molecule has 7 N–H and O–H groups in total. The lowest BCUT2D eigenvalue weighted by molar-refractivity contribution is 0.311. The summed E-state index contributed by atoms with van der Waals surface area (Å²) in [5.74, 6) is 3.71. The molecule has 1 heterocycles. The smallest absolute Gasteiger partial charge is 0.122 e. The van der Waals surface area contributed by atoms with Gasteiger partial charge in [-0.3, -0.25) is 10.4 Å². The van der Waals surface area contributed by atoms with Crippen LogP contribution in [0.5, 0.6) is 5.75 Å². The van der Waals surface area contributed by atoms with E-state index in [-0.39, 0.29) is 11.6 Å². The number of aromatic hydroxyl groups is 1. The van der Waals surface area contributed by atoms with Gasteiger partial charge >= 0.3 is 0 Å². The zero-order valence-electron chi connectivity index (χ0n) is 10.6. The fraction of sp³-hybridized carbons (Fsp3) is 0. The molecule has 0 fully saturated rings. The molecule has 0 spiro atoms. The number of nitrogens with zero attached hydrogens (tertiary/aromatic N) is 2. The molecule has 7 heteroatoms. The third kappa shape index (κ3) is 6.70. The highest BCUT2D eigenvalue weighted by Crippen LogP contribution is 2.08. The van der Waals surface area contributed by atoms with Crippen LogP contribution in [0.2, 0.25) is 0 Å². The molecule has 0 aliphatic rings. The Hall–Kier alpha value is -2.95. The summed E-state index contributed by atoms with van der Waals surface area (Å²) < 4.78 is 0. The summed E-state index contributed by atoms with van der Waals surface area (Å²) in [5, 5.41) is 30.6. The molecule has 0 bridgehead atoms. The van der Waals surface area contributed by atoms with E-state index in [1.165, 1.54) is 12.1 Å². The maximum absolute atomic E-state index is 8.79. The number of pyridine rings is 1. The number of phenolic OH excluding ortho intramolecular Hbond substituents is 1. The molecule has 0 aliphatic heterocycles. The van der Waals surface area contributed by atoms with Crippen molar-refractivity contribution >= 4 is 5.84 Å². The first-order chi connectivity index (χ1) is 9.63. The number of nitrogen functional groups attached to an aromatic ring is 1. The van der Waals surface area contributed by atoms with Crippen molar-refractivity contribution < 1.29 is 10.3 Å². The van der Waals surface area contributed by atoms with E-state index >= 15 is 0 Å². The Bertz CT molecular complexity index is 566. The lowest BCUT2D eigenvalue weighted by Gasteiger charge is -1.92. The summed E-state index contributed by atoms with van der Waals surface area (Å²) in [4.78, 5) is 3.78. The maximum atomic E-state index is 8.79. The third-order valence-electron chi connectivity index (χ3n) is 1.97. The van der Waals surface area contributed by atoms with E-state index in [4.69, 9.17) is 26.7 Å². The van der Waals surface area contributed by atoms with Crippen molar-refractivity contribution in [1.29, 1.82) is 10.7 Å². The second-order valence-electron chi connectivity index (χ2n) is 3.31. The first kappa shape index (κ1) is 17.1. The fourth-order valence-electron chi connectivity index (χ4n) is 1.11. The van der Waals surface area contributed by atoms with E-state index < -0.39 is 0 Å². The predicted molar refractivity (Wildman–Crippen MR) is 74.0 cm³/mol. The molecule has 0 unspecified atom stereocenters. The average molecular weight is 273 g/mol. The second kappa shape index (κ2) is 10.0. The molecule has 2 rings (SSSR count). The predicted octanol–water partition coefficient (Wildman–Crippen LogP) is 0.964. The number of aromatic nitrogens is 1. The van der Waals surface area contributed by atoms with Crippen LogP contribution in [0.3, 0.4) is 0 Å². The Morgan fingerprint density at radius 1 is 1.20 bits per heavy atom. The molecule has 0 saturated heterocycles. The van der Waals surface area contributed by atoms with Crippen molar-refractivity contribution in [3.05, 3.63) is 59.9 Å². The van der Waals surface area contributed by atoms with Crippen LogP contribution in [-0.4, -0.2) is 21.1 Å². The van der Waals surface area contributed by atoms with Gasteiger partial charge in [0, 0.05) is 18.0 Å². The summed E-state index contributed by atoms with van der Waals surface area (Å²) >= 11 is 0. The van der Waals surface area contributed by atoms with Crippen molar-refractivity contribution in [3.8, 4) is 11.8 Å². The highest BCUT2D eigenvalue weighted by Gasteiger charge is 1.90. The number of phenols is 1. The highest BCUT2D eigenvalue weighted by atomic mass is 16.4. The molecule has 0 amide bonds. The van der Waals surface area contributed by atoms with Gasteiger partial charge in [-0.05, 0) is 30.3 Å². The van der Waals surface area contributed by atoms with Gasteiger partial charge in [-0.2, -0.15) is 5.26 Å². The minimum absolute atomic E-state index is 0.0809. The Balaban J connectivity index is 0.000000321. The number of nitrogens with one attached hydrogen (secondary N) is 1. The summed E-state index contributed by atoms with van der Waals surface area (Å²) in [6, 6.07) is 11.5. The van der Waals surface area contributed by atoms with Crippen LogP contribution in [0.15, 0.2) is 48.8 Å². The lowest BCUT2D eigenvalue weighted by Crippen LogP contribution is -2.10. The largest absolute Gasteiger partial charge is 0.508 e. The third-order valence-corrected chi connectivity index (χ3v) is 1.97. The van der Waals surface area contributed by atoms with Gasteiger partial charge in [0.25, 0.3) is 0 Å². The van der Waals surface area contributed by atoms with Crippen LogP contribution >= 0.6 is 0 Å². The van der Waals surface area contributed by atoms with Crippen molar-refractivity contribution in [1.82, 2.24) is 4.98 Å².